The monoisotopic (exact) mass is 830 g/mol. The predicted molar refractivity (Wildman–Crippen MR) is 273 cm³/mol. The van der Waals surface area contributed by atoms with Crippen LogP contribution in [0.2, 0.25) is 0 Å². The topological polar surface area (TPSA) is 33.9 Å². The Hall–Kier alpha value is -8.44. The van der Waals surface area contributed by atoms with Crippen molar-refractivity contribution < 1.29 is 4.42 Å². The fraction of sp³-hybridized carbons (Fsp3) is 0.0164. The van der Waals surface area contributed by atoms with Gasteiger partial charge in [0.2, 0.25) is 0 Å². The van der Waals surface area contributed by atoms with Gasteiger partial charge in [0.25, 0.3) is 0 Å². The molecule has 0 aliphatic carbocycles. The van der Waals surface area contributed by atoms with Crippen molar-refractivity contribution in [1.29, 1.82) is 0 Å². The van der Waals surface area contributed by atoms with Gasteiger partial charge in [-0.05, 0) is 119 Å². The number of hydrogen-bond acceptors (Lipinski definition) is 1. The first-order valence-electron chi connectivity index (χ1n) is 22.4. The molecule has 304 valence electrons. The molecule has 13 aromatic rings. The summed E-state index contributed by atoms with van der Waals surface area (Å²) in [7, 11) is 2.32. The van der Waals surface area contributed by atoms with Crippen molar-refractivity contribution in [2.45, 2.75) is 0 Å². The summed E-state index contributed by atoms with van der Waals surface area (Å²) in [6, 6.07) is 79.6. The van der Waals surface area contributed by atoms with E-state index in [-0.39, 0.29) is 0 Å². The lowest BCUT2D eigenvalue weighted by molar-refractivity contribution is 0.642. The fourth-order valence-corrected chi connectivity index (χ4v) is 11.1. The van der Waals surface area contributed by atoms with Gasteiger partial charge in [-0.15, -0.1) is 0 Å². The SMILES string of the molecule is C[N+]1(c2ccccc2)c2ccccc2-c2cc(-c3ccc4[nH]c5c(-c6ccccc6)c6oc7ccc(-c8ccc9c(c8)c8ccccc8n9-c8ccccc8)cc7c6cc5c4c3)ccc21. The molecule has 1 unspecified atom stereocenters. The van der Waals surface area contributed by atoms with Gasteiger partial charge in [0.15, 0.2) is 11.4 Å². The molecule has 0 fully saturated rings. The molecular formula is C61H40N3O+. The number of nitrogens with one attached hydrogen (secondary N) is 1. The molecule has 10 aromatic carbocycles. The number of hydrogen-bond donors (Lipinski definition) is 1. The second-order valence-electron chi connectivity index (χ2n) is 17.6. The highest BCUT2D eigenvalue weighted by atomic mass is 16.3. The molecule has 0 radical (unpaired) electrons. The molecule has 3 aromatic heterocycles. The van der Waals surface area contributed by atoms with Gasteiger partial charge in [-0.1, -0.05) is 115 Å². The van der Waals surface area contributed by atoms with Crippen LogP contribution < -0.4 is 4.48 Å². The van der Waals surface area contributed by atoms with Gasteiger partial charge >= 0.3 is 0 Å². The van der Waals surface area contributed by atoms with Crippen LogP contribution in [0.3, 0.4) is 0 Å². The second kappa shape index (κ2) is 13.5. The maximum absolute atomic E-state index is 6.90. The summed E-state index contributed by atoms with van der Waals surface area (Å²) >= 11 is 0. The van der Waals surface area contributed by atoms with Crippen molar-refractivity contribution in [2.75, 3.05) is 7.05 Å². The Morgan fingerprint density at radius 2 is 1.03 bits per heavy atom. The minimum Gasteiger partial charge on any atom is -0.455 e. The first kappa shape index (κ1) is 36.1. The number of para-hydroxylation sites is 4. The standard InChI is InChI=1S/C61H40N3O/c1-64(44-19-9-4-10-20-44)56-24-14-12-22-46(56)49-35-41(27-31-57(49)64)39-25-29-53-47(33-39)51-37-52-50-36-42(28-32-58(50)65-61(52)59(60(51)62-53)38-15-5-2-6-16-38)40-26-30-55-48(34-40)45-21-11-13-23-54(45)63(55)43-17-7-3-8-18-43/h2-37,62H,1H3/q+1. The van der Waals surface area contributed by atoms with Gasteiger partial charge in [0, 0.05) is 66.8 Å². The van der Waals surface area contributed by atoms with Gasteiger partial charge in [0.05, 0.1) is 29.2 Å². The molecule has 4 nitrogen and oxygen atoms in total. The third-order valence-electron chi connectivity index (χ3n) is 14.2. The predicted octanol–water partition coefficient (Wildman–Crippen LogP) is 16.9. The highest BCUT2D eigenvalue weighted by Gasteiger charge is 2.42. The molecule has 1 aliphatic heterocycles. The number of aromatic nitrogens is 2. The van der Waals surface area contributed by atoms with E-state index in [2.05, 4.69) is 235 Å². The van der Waals surface area contributed by atoms with Crippen molar-refractivity contribution in [3.8, 4) is 50.2 Å². The first-order valence-corrected chi connectivity index (χ1v) is 22.4. The summed E-state index contributed by atoms with van der Waals surface area (Å²) in [5.41, 5.74) is 20.8. The zero-order chi connectivity index (χ0) is 42.8. The average Bonchev–Trinajstić information content (AvgIpc) is 4.10. The number of furan rings is 1. The number of benzene rings is 10. The van der Waals surface area contributed by atoms with Crippen LogP contribution in [0.15, 0.2) is 223 Å². The minimum absolute atomic E-state index is 0.639. The molecule has 0 spiro atoms. The second-order valence-corrected chi connectivity index (χ2v) is 17.6. The van der Waals surface area contributed by atoms with Crippen molar-refractivity contribution in [3.63, 3.8) is 0 Å². The highest BCUT2D eigenvalue weighted by Crippen LogP contribution is 2.57. The van der Waals surface area contributed by atoms with Crippen LogP contribution in [-0.4, -0.2) is 16.6 Å². The lowest BCUT2D eigenvalue weighted by Crippen LogP contribution is -2.31. The summed E-state index contributed by atoms with van der Waals surface area (Å²) in [5.74, 6) is 0. The number of fused-ring (bicyclic) bond motifs is 12. The van der Waals surface area contributed by atoms with E-state index in [1.807, 2.05) is 0 Å². The van der Waals surface area contributed by atoms with Crippen molar-refractivity contribution in [3.05, 3.63) is 218 Å². The van der Waals surface area contributed by atoms with E-state index in [0.29, 0.717) is 4.48 Å². The summed E-state index contributed by atoms with van der Waals surface area (Å²) in [5, 5.41) is 7.05. The van der Waals surface area contributed by atoms with Gasteiger partial charge in [0.1, 0.15) is 16.9 Å². The first-order chi connectivity index (χ1) is 32.1. The normalized spacial score (nSPS) is 14.6. The van der Waals surface area contributed by atoms with Crippen LogP contribution in [0, 0.1) is 0 Å². The van der Waals surface area contributed by atoms with Crippen LogP contribution in [-0.2, 0) is 0 Å². The van der Waals surface area contributed by atoms with E-state index in [0.717, 1.165) is 55.3 Å². The lowest BCUT2D eigenvalue weighted by atomic mass is 9.95. The van der Waals surface area contributed by atoms with Gasteiger partial charge < -0.3 is 14.0 Å². The Morgan fingerprint density at radius 1 is 0.415 bits per heavy atom. The van der Waals surface area contributed by atoms with Gasteiger partial charge in [-0.3, -0.25) is 0 Å². The Morgan fingerprint density at radius 3 is 1.86 bits per heavy atom. The molecule has 4 heterocycles. The number of H-pyrrole nitrogens is 1. The highest BCUT2D eigenvalue weighted by molar-refractivity contribution is 6.24. The molecule has 0 bridgehead atoms. The van der Waals surface area contributed by atoms with E-state index < -0.39 is 0 Å². The largest absolute Gasteiger partial charge is 0.455 e. The third kappa shape index (κ3) is 5.17. The van der Waals surface area contributed by atoms with E-state index in [1.165, 1.54) is 77.5 Å². The van der Waals surface area contributed by atoms with Crippen LogP contribution in [0.1, 0.15) is 0 Å². The summed E-state index contributed by atoms with van der Waals surface area (Å²) < 4.78 is 9.91. The Bertz CT molecular complexity index is 4060. The Balaban J connectivity index is 0.948. The molecule has 0 saturated carbocycles. The van der Waals surface area contributed by atoms with Crippen LogP contribution in [0.4, 0.5) is 17.1 Å². The Labute approximate surface area is 375 Å². The molecule has 1 aliphatic rings. The van der Waals surface area contributed by atoms with Crippen LogP contribution >= 0.6 is 0 Å². The lowest BCUT2D eigenvalue weighted by Gasteiger charge is -2.30. The average molecular weight is 831 g/mol. The molecule has 1 atom stereocenters. The maximum atomic E-state index is 6.90. The molecule has 0 saturated heterocycles. The number of aromatic amines is 1. The van der Waals surface area contributed by atoms with E-state index in [4.69, 9.17) is 4.42 Å². The third-order valence-corrected chi connectivity index (χ3v) is 14.2. The maximum Gasteiger partial charge on any atom is 0.151 e. The molecule has 0 amide bonds. The van der Waals surface area contributed by atoms with Gasteiger partial charge in [-0.25, -0.2) is 4.48 Å². The van der Waals surface area contributed by atoms with Crippen molar-refractivity contribution >= 4 is 82.6 Å². The van der Waals surface area contributed by atoms with Crippen LogP contribution in [0.5, 0.6) is 0 Å². The Kier molecular flexibility index (Phi) is 7.51. The number of rotatable bonds is 5. The fourth-order valence-electron chi connectivity index (χ4n) is 11.1. The number of nitrogens with zero attached hydrogens (tertiary/aromatic N) is 2. The molecule has 4 heteroatoms. The van der Waals surface area contributed by atoms with Gasteiger partial charge in [-0.2, -0.15) is 0 Å². The molecular weight excluding hydrogens is 791 g/mol. The molecule has 1 N–H and O–H groups in total. The summed E-state index contributed by atoms with van der Waals surface area (Å²) in [6.45, 7) is 0. The van der Waals surface area contributed by atoms with E-state index in [1.54, 1.807) is 0 Å². The van der Waals surface area contributed by atoms with Crippen LogP contribution in [0.25, 0.3) is 116 Å². The van der Waals surface area contributed by atoms with Crippen molar-refractivity contribution in [1.82, 2.24) is 14.0 Å². The quantitative estimate of drug-likeness (QED) is 0.172. The molecule has 14 rings (SSSR count). The zero-order valence-corrected chi connectivity index (χ0v) is 35.6. The number of quaternary nitrogens is 1. The summed E-state index contributed by atoms with van der Waals surface area (Å²) in [4.78, 5) is 3.86. The smallest absolute Gasteiger partial charge is 0.151 e. The van der Waals surface area contributed by atoms with E-state index in [9.17, 15) is 0 Å². The summed E-state index contributed by atoms with van der Waals surface area (Å²) in [6.07, 6.45) is 0. The zero-order valence-electron chi connectivity index (χ0n) is 35.6. The molecule has 65 heavy (non-hydrogen) atoms. The minimum atomic E-state index is 0.639. The van der Waals surface area contributed by atoms with E-state index >= 15 is 0 Å². The van der Waals surface area contributed by atoms with Crippen molar-refractivity contribution in [2.24, 2.45) is 0 Å².